The van der Waals surface area contributed by atoms with Crippen LogP contribution in [0.2, 0.25) is 0 Å². The maximum Gasteiger partial charge on any atom is 0.304 e. The minimum Gasteiger partial charge on any atom is -0.481 e. The average Bonchev–Trinajstić information content (AvgIpc) is 2.39. The number of hydrogen-bond donors (Lipinski definition) is 2. The molecule has 1 aliphatic heterocycles. The van der Waals surface area contributed by atoms with Gasteiger partial charge in [0.05, 0.1) is 6.42 Å². The number of benzene rings is 1. The molecule has 2 rings (SSSR count). The zero-order valence-corrected chi connectivity index (χ0v) is 10.5. The summed E-state index contributed by atoms with van der Waals surface area (Å²) in [6.07, 6.45) is 1.21. The zero-order chi connectivity index (χ0) is 12.8. The molecule has 1 fully saturated rings. The average molecular weight is 248 g/mol. The summed E-state index contributed by atoms with van der Waals surface area (Å²) in [5.74, 6) is -0.716. The predicted octanol–water partition coefficient (Wildman–Crippen LogP) is 0.978. The summed E-state index contributed by atoms with van der Waals surface area (Å²) >= 11 is 0. The van der Waals surface area contributed by atoms with E-state index in [4.69, 9.17) is 5.11 Å². The highest BCUT2D eigenvalue weighted by Crippen LogP contribution is 2.11. The molecule has 4 nitrogen and oxygen atoms in total. The van der Waals surface area contributed by atoms with Crippen molar-refractivity contribution in [1.29, 1.82) is 0 Å². The van der Waals surface area contributed by atoms with E-state index < -0.39 is 5.97 Å². The molecule has 0 saturated carbocycles. The standard InChI is InChI=1S/C14H20N2O2/c17-14(18)6-8-16-9-7-15-11-13(16)10-12-4-2-1-3-5-12/h1-5,13,15H,6-11H2,(H,17,18)/t13-/m1/s1. The fraction of sp³-hybridized carbons (Fsp3) is 0.500. The predicted molar refractivity (Wildman–Crippen MR) is 70.6 cm³/mol. The van der Waals surface area contributed by atoms with Crippen LogP contribution < -0.4 is 5.32 Å². The van der Waals surface area contributed by atoms with Crippen LogP contribution in [0.25, 0.3) is 0 Å². The number of aliphatic carboxylic acids is 1. The van der Waals surface area contributed by atoms with Gasteiger partial charge in [0.2, 0.25) is 0 Å². The van der Waals surface area contributed by atoms with Crippen LogP contribution in [0.1, 0.15) is 12.0 Å². The molecular weight excluding hydrogens is 228 g/mol. The van der Waals surface area contributed by atoms with E-state index in [1.54, 1.807) is 0 Å². The van der Waals surface area contributed by atoms with Crippen LogP contribution in [0.5, 0.6) is 0 Å². The Kier molecular flexibility index (Phi) is 4.73. The lowest BCUT2D eigenvalue weighted by Gasteiger charge is -2.36. The molecule has 0 bridgehead atoms. The lowest BCUT2D eigenvalue weighted by Crippen LogP contribution is -2.52. The van der Waals surface area contributed by atoms with Gasteiger partial charge >= 0.3 is 5.97 Å². The largest absolute Gasteiger partial charge is 0.481 e. The highest BCUT2D eigenvalue weighted by atomic mass is 16.4. The van der Waals surface area contributed by atoms with Crippen molar-refractivity contribution < 1.29 is 9.90 Å². The third-order valence-electron chi connectivity index (χ3n) is 3.40. The number of hydrogen-bond acceptors (Lipinski definition) is 3. The van der Waals surface area contributed by atoms with Crippen LogP contribution >= 0.6 is 0 Å². The summed E-state index contributed by atoms with van der Waals surface area (Å²) in [4.78, 5) is 13.0. The van der Waals surface area contributed by atoms with Gasteiger partial charge in [-0.25, -0.2) is 0 Å². The molecule has 1 heterocycles. The van der Waals surface area contributed by atoms with Crippen LogP contribution in [-0.4, -0.2) is 48.2 Å². The summed E-state index contributed by atoms with van der Waals surface area (Å²) < 4.78 is 0. The summed E-state index contributed by atoms with van der Waals surface area (Å²) in [7, 11) is 0. The Morgan fingerprint density at radius 2 is 2.17 bits per heavy atom. The summed E-state index contributed by atoms with van der Waals surface area (Å²) in [6, 6.07) is 10.8. The van der Waals surface area contributed by atoms with Crippen molar-refractivity contribution in [2.45, 2.75) is 18.9 Å². The Morgan fingerprint density at radius 1 is 1.39 bits per heavy atom. The fourth-order valence-electron chi connectivity index (χ4n) is 2.42. The van der Waals surface area contributed by atoms with E-state index >= 15 is 0 Å². The van der Waals surface area contributed by atoms with Crippen molar-refractivity contribution >= 4 is 5.97 Å². The number of nitrogens with one attached hydrogen (secondary N) is 1. The molecule has 2 N–H and O–H groups in total. The maximum absolute atomic E-state index is 10.7. The van der Waals surface area contributed by atoms with E-state index in [0.717, 1.165) is 26.1 Å². The molecule has 0 unspecified atom stereocenters. The normalized spacial score (nSPS) is 20.8. The first-order valence-electron chi connectivity index (χ1n) is 6.46. The molecule has 0 aliphatic carbocycles. The van der Waals surface area contributed by atoms with Crippen molar-refractivity contribution in [2.24, 2.45) is 0 Å². The molecule has 1 aliphatic rings. The number of rotatable bonds is 5. The summed E-state index contributed by atoms with van der Waals surface area (Å²) in [5, 5.41) is 12.2. The van der Waals surface area contributed by atoms with E-state index in [1.165, 1.54) is 5.56 Å². The van der Waals surface area contributed by atoms with Crippen LogP contribution in [0, 0.1) is 0 Å². The van der Waals surface area contributed by atoms with Gasteiger partial charge in [-0.15, -0.1) is 0 Å². The quantitative estimate of drug-likeness (QED) is 0.815. The van der Waals surface area contributed by atoms with Gasteiger partial charge in [0, 0.05) is 32.2 Å². The SMILES string of the molecule is O=C(O)CCN1CCNC[C@H]1Cc1ccccc1. The number of piperazine rings is 1. The van der Waals surface area contributed by atoms with Gasteiger partial charge < -0.3 is 10.4 Å². The minimum atomic E-state index is -0.716. The van der Waals surface area contributed by atoms with Crippen molar-refractivity contribution in [3.8, 4) is 0 Å². The molecule has 0 aromatic heterocycles. The molecule has 0 spiro atoms. The Bertz CT molecular complexity index is 381. The molecule has 1 aromatic rings. The van der Waals surface area contributed by atoms with E-state index in [0.29, 0.717) is 12.6 Å². The molecular formula is C14H20N2O2. The Morgan fingerprint density at radius 3 is 2.89 bits per heavy atom. The van der Waals surface area contributed by atoms with Gasteiger partial charge in [-0.05, 0) is 12.0 Å². The first-order valence-corrected chi connectivity index (χ1v) is 6.46. The lowest BCUT2D eigenvalue weighted by molar-refractivity contribution is -0.137. The topological polar surface area (TPSA) is 52.6 Å². The van der Waals surface area contributed by atoms with Gasteiger partial charge in [0.25, 0.3) is 0 Å². The van der Waals surface area contributed by atoms with Crippen LogP contribution in [0.15, 0.2) is 30.3 Å². The summed E-state index contributed by atoms with van der Waals surface area (Å²) in [5.41, 5.74) is 1.31. The van der Waals surface area contributed by atoms with Crippen molar-refractivity contribution in [3.63, 3.8) is 0 Å². The van der Waals surface area contributed by atoms with Gasteiger partial charge in [-0.3, -0.25) is 9.69 Å². The second-order valence-corrected chi connectivity index (χ2v) is 4.73. The molecule has 0 amide bonds. The minimum absolute atomic E-state index is 0.227. The lowest BCUT2D eigenvalue weighted by atomic mass is 10.0. The second-order valence-electron chi connectivity index (χ2n) is 4.73. The van der Waals surface area contributed by atoms with Crippen LogP contribution in [-0.2, 0) is 11.2 Å². The third-order valence-corrected chi connectivity index (χ3v) is 3.40. The van der Waals surface area contributed by atoms with Gasteiger partial charge in [0.1, 0.15) is 0 Å². The van der Waals surface area contributed by atoms with Gasteiger partial charge in [-0.2, -0.15) is 0 Å². The fourth-order valence-corrected chi connectivity index (χ4v) is 2.42. The number of nitrogens with zero attached hydrogens (tertiary/aromatic N) is 1. The number of carboxylic acid groups (broad SMARTS) is 1. The Balaban J connectivity index is 1.93. The van der Waals surface area contributed by atoms with Crippen LogP contribution in [0.4, 0.5) is 0 Å². The highest BCUT2D eigenvalue weighted by molar-refractivity contribution is 5.66. The van der Waals surface area contributed by atoms with E-state index in [2.05, 4.69) is 22.3 Å². The zero-order valence-electron chi connectivity index (χ0n) is 10.5. The molecule has 0 radical (unpaired) electrons. The summed E-state index contributed by atoms with van der Waals surface area (Å²) in [6.45, 7) is 3.47. The molecule has 18 heavy (non-hydrogen) atoms. The van der Waals surface area contributed by atoms with E-state index in [-0.39, 0.29) is 6.42 Å². The smallest absolute Gasteiger partial charge is 0.304 e. The van der Waals surface area contributed by atoms with Gasteiger partial charge in [0.15, 0.2) is 0 Å². The molecule has 1 saturated heterocycles. The first-order chi connectivity index (χ1) is 8.75. The molecule has 1 atom stereocenters. The van der Waals surface area contributed by atoms with Crippen molar-refractivity contribution in [2.75, 3.05) is 26.2 Å². The second kappa shape index (κ2) is 6.52. The molecule has 4 heteroatoms. The monoisotopic (exact) mass is 248 g/mol. The number of carboxylic acids is 1. The molecule has 1 aromatic carbocycles. The van der Waals surface area contributed by atoms with Crippen LogP contribution in [0.3, 0.4) is 0 Å². The van der Waals surface area contributed by atoms with Crippen molar-refractivity contribution in [1.82, 2.24) is 10.2 Å². The molecule has 98 valence electrons. The van der Waals surface area contributed by atoms with Crippen molar-refractivity contribution in [3.05, 3.63) is 35.9 Å². The Hall–Kier alpha value is -1.39. The van der Waals surface area contributed by atoms with E-state index in [1.807, 2.05) is 18.2 Å². The van der Waals surface area contributed by atoms with Gasteiger partial charge in [-0.1, -0.05) is 30.3 Å². The highest BCUT2D eigenvalue weighted by Gasteiger charge is 2.22. The third kappa shape index (κ3) is 3.82. The Labute approximate surface area is 108 Å². The van der Waals surface area contributed by atoms with E-state index in [9.17, 15) is 4.79 Å². The maximum atomic E-state index is 10.7. The number of carbonyl (C=O) groups is 1. The first kappa shape index (κ1) is 13.1.